The largest absolute Gasteiger partial charge is 0.480 e. The number of hydrogen-bond donors (Lipinski definition) is 2. The minimum atomic E-state index is -1.04. The standard InChI is InChI=1S/C12H20N2O4/c1-3-6-14(8-10(15)16)11(17)13-12(2)5-4-7-18-9-12/h3H,1,4-9H2,2H3,(H,13,17)(H,15,16). The van der Waals surface area contributed by atoms with Gasteiger partial charge in [-0.2, -0.15) is 0 Å². The van der Waals surface area contributed by atoms with Crippen LogP contribution in [0.25, 0.3) is 0 Å². The molecule has 1 saturated heterocycles. The number of ether oxygens (including phenoxy) is 1. The van der Waals surface area contributed by atoms with E-state index in [0.717, 1.165) is 12.8 Å². The van der Waals surface area contributed by atoms with Crippen molar-refractivity contribution < 1.29 is 19.4 Å². The van der Waals surface area contributed by atoms with E-state index in [2.05, 4.69) is 11.9 Å². The van der Waals surface area contributed by atoms with E-state index in [1.54, 1.807) is 0 Å². The van der Waals surface area contributed by atoms with Crippen molar-refractivity contribution in [1.82, 2.24) is 10.2 Å². The average Bonchev–Trinajstić information content (AvgIpc) is 2.28. The van der Waals surface area contributed by atoms with Gasteiger partial charge in [0, 0.05) is 13.2 Å². The molecular formula is C12H20N2O4. The van der Waals surface area contributed by atoms with Crippen molar-refractivity contribution in [3.63, 3.8) is 0 Å². The quantitative estimate of drug-likeness (QED) is 0.714. The summed E-state index contributed by atoms with van der Waals surface area (Å²) in [5.74, 6) is -1.04. The molecule has 1 rings (SSSR count). The van der Waals surface area contributed by atoms with Crippen LogP contribution >= 0.6 is 0 Å². The van der Waals surface area contributed by atoms with Gasteiger partial charge in [0.05, 0.1) is 12.1 Å². The lowest BCUT2D eigenvalue weighted by Gasteiger charge is -2.36. The van der Waals surface area contributed by atoms with E-state index in [4.69, 9.17) is 9.84 Å². The van der Waals surface area contributed by atoms with Crippen molar-refractivity contribution in [3.8, 4) is 0 Å². The number of carbonyl (C=O) groups excluding carboxylic acids is 1. The van der Waals surface area contributed by atoms with Gasteiger partial charge in [0.2, 0.25) is 0 Å². The number of rotatable bonds is 5. The maximum Gasteiger partial charge on any atom is 0.323 e. The fourth-order valence-electron chi connectivity index (χ4n) is 1.91. The Bertz CT molecular complexity index is 324. The van der Waals surface area contributed by atoms with Gasteiger partial charge >= 0.3 is 12.0 Å². The van der Waals surface area contributed by atoms with Gasteiger partial charge in [-0.1, -0.05) is 6.08 Å². The molecule has 1 fully saturated rings. The van der Waals surface area contributed by atoms with Gasteiger partial charge in [-0.15, -0.1) is 6.58 Å². The summed E-state index contributed by atoms with van der Waals surface area (Å²) in [6.07, 6.45) is 3.22. The average molecular weight is 256 g/mol. The summed E-state index contributed by atoms with van der Waals surface area (Å²) in [6, 6.07) is -0.398. The highest BCUT2D eigenvalue weighted by molar-refractivity contribution is 5.80. The number of amides is 2. The maximum atomic E-state index is 12.0. The minimum absolute atomic E-state index is 0.203. The lowest BCUT2D eigenvalue weighted by atomic mass is 9.95. The number of carboxylic acids is 1. The highest BCUT2D eigenvalue weighted by atomic mass is 16.5. The second-order valence-corrected chi connectivity index (χ2v) is 4.71. The third-order valence-corrected chi connectivity index (χ3v) is 2.81. The fourth-order valence-corrected chi connectivity index (χ4v) is 1.91. The first-order valence-electron chi connectivity index (χ1n) is 5.94. The molecule has 1 aliphatic heterocycles. The van der Waals surface area contributed by atoms with Crippen LogP contribution in [-0.2, 0) is 9.53 Å². The van der Waals surface area contributed by atoms with Crippen LogP contribution in [0.1, 0.15) is 19.8 Å². The molecule has 1 atom stereocenters. The predicted octanol–water partition coefficient (Wildman–Crippen LogP) is 0.838. The van der Waals surface area contributed by atoms with Crippen molar-refractivity contribution in [3.05, 3.63) is 12.7 Å². The van der Waals surface area contributed by atoms with Crippen LogP contribution in [0.15, 0.2) is 12.7 Å². The molecule has 6 nitrogen and oxygen atoms in total. The second-order valence-electron chi connectivity index (χ2n) is 4.71. The number of nitrogens with zero attached hydrogens (tertiary/aromatic N) is 1. The van der Waals surface area contributed by atoms with Gasteiger partial charge in [0.15, 0.2) is 0 Å². The zero-order valence-corrected chi connectivity index (χ0v) is 10.6. The van der Waals surface area contributed by atoms with E-state index in [1.165, 1.54) is 11.0 Å². The van der Waals surface area contributed by atoms with Crippen LogP contribution in [0.4, 0.5) is 4.79 Å². The Morgan fingerprint density at radius 1 is 1.61 bits per heavy atom. The summed E-state index contributed by atoms with van der Waals surface area (Å²) in [7, 11) is 0. The van der Waals surface area contributed by atoms with Crippen LogP contribution in [0.2, 0.25) is 0 Å². The Balaban J connectivity index is 2.59. The van der Waals surface area contributed by atoms with Crippen molar-refractivity contribution >= 4 is 12.0 Å². The summed E-state index contributed by atoms with van der Waals surface area (Å²) in [6.45, 7) is 6.44. The molecule has 18 heavy (non-hydrogen) atoms. The predicted molar refractivity (Wildman–Crippen MR) is 66.4 cm³/mol. The Morgan fingerprint density at radius 2 is 2.33 bits per heavy atom. The van der Waals surface area contributed by atoms with E-state index in [1.807, 2.05) is 6.92 Å². The maximum absolute atomic E-state index is 12.0. The second kappa shape index (κ2) is 6.39. The van der Waals surface area contributed by atoms with Crippen LogP contribution in [0.3, 0.4) is 0 Å². The van der Waals surface area contributed by atoms with E-state index in [-0.39, 0.29) is 13.1 Å². The Hall–Kier alpha value is -1.56. The molecule has 6 heteroatoms. The molecule has 0 bridgehead atoms. The molecule has 0 aromatic rings. The topological polar surface area (TPSA) is 78.9 Å². The van der Waals surface area contributed by atoms with Gasteiger partial charge in [-0.05, 0) is 19.8 Å². The van der Waals surface area contributed by atoms with Crippen molar-refractivity contribution in [2.75, 3.05) is 26.3 Å². The van der Waals surface area contributed by atoms with E-state index in [0.29, 0.717) is 13.2 Å². The molecule has 102 valence electrons. The molecule has 2 amide bonds. The van der Waals surface area contributed by atoms with Gasteiger partial charge in [-0.3, -0.25) is 4.79 Å². The third-order valence-electron chi connectivity index (χ3n) is 2.81. The molecule has 0 radical (unpaired) electrons. The minimum Gasteiger partial charge on any atom is -0.480 e. The molecule has 0 saturated carbocycles. The summed E-state index contributed by atoms with van der Waals surface area (Å²) >= 11 is 0. The zero-order valence-electron chi connectivity index (χ0n) is 10.6. The number of hydrogen-bond acceptors (Lipinski definition) is 3. The first kappa shape index (κ1) is 14.5. The number of nitrogens with one attached hydrogen (secondary N) is 1. The molecule has 2 N–H and O–H groups in total. The monoisotopic (exact) mass is 256 g/mol. The van der Waals surface area contributed by atoms with E-state index in [9.17, 15) is 9.59 Å². The molecular weight excluding hydrogens is 236 g/mol. The van der Waals surface area contributed by atoms with Gasteiger partial charge in [-0.25, -0.2) is 4.79 Å². The summed E-state index contributed by atoms with van der Waals surface area (Å²) in [5.41, 5.74) is -0.423. The third kappa shape index (κ3) is 4.37. The van der Waals surface area contributed by atoms with Crippen LogP contribution in [-0.4, -0.2) is 53.8 Å². The molecule has 1 unspecified atom stereocenters. The highest BCUT2D eigenvalue weighted by Crippen LogP contribution is 2.18. The first-order chi connectivity index (χ1) is 8.47. The van der Waals surface area contributed by atoms with Crippen LogP contribution < -0.4 is 5.32 Å². The van der Waals surface area contributed by atoms with Gasteiger partial charge in [0.1, 0.15) is 6.54 Å². The van der Waals surface area contributed by atoms with Crippen LogP contribution in [0.5, 0.6) is 0 Å². The van der Waals surface area contributed by atoms with Crippen molar-refractivity contribution in [2.45, 2.75) is 25.3 Å². The van der Waals surface area contributed by atoms with Gasteiger partial charge < -0.3 is 20.1 Å². The number of carbonyl (C=O) groups is 2. The smallest absolute Gasteiger partial charge is 0.323 e. The zero-order chi connectivity index (χ0) is 13.6. The highest BCUT2D eigenvalue weighted by Gasteiger charge is 2.31. The summed E-state index contributed by atoms with van der Waals surface area (Å²) in [4.78, 5) is 23.9. The molecule has 0 aliphatic carbocycles. The number of carboxylic acid groups (broad SMARTS) is 1. The summed E-state index contributed by atoms with van der Waals surface area (Å²) < 4.78 is 5.34. The number of urea groups is 1. The Labute approximate surface area is 107 Å². The summed E-state index contributed by atoms with van der Waals surface area (Å²) in [5, 5.41) is 11.6. The molecule has 1 aliphatic rings. The SMILES string of the molecule is C=CCN(CC(=O)O)C(=O)NC1(C)CCCOC1. The van der Waals surface area contributed by atoms with Crippen LogP contribution in [0, 0.1) is 0 Å². The Morgan fingerprint density at radius 3 is 2.83 bits per heavy atom. The number of aliphatic carboxylic acids is 1. The first-order valence-corrected chi connectivity index (χ1v) is 5.94. The van der Waals surface area contributed by atoms with E-state index >= 15 is 0 Å². The lowest BCUT2D eigenvalue weighted by molar-refractivity contribution is -0.137. The molecule has 0 aromatic carbocycles. The van der Waals surface area contributed by atoms with Gasteiger partial charge in [0.25, 0.3) is 0 Å². The Kier molecular flexibility index (Phi) is 5.15. The van der Waals surface area contributed by atoms with Crippen molar-refractivity contribution in [2.24, 2.45) is 0 Å². The van der Waals surface area contributed by atoms with Crippen molar-refractivity contribution in [1.29, 1.82) is 0 Å². The molecule has 1 heterocycles. The normalized spacial score (nSPS) is 23.2. The lowest BCUT2D eigenvalue weighted by Crippen LogP contribution is -2.56. The fraction of sp³-hybridized carbons (Fsp3) is 0.667. The molecule has 0 spiro atoms. The van der Waals surface area contributed by atoms with E-state index < -0.39 is 17.5 Å². The molecule has 0 aromatic heterocycles.